The topological polar surface area (TPSA) is 106 Å². The van der Waals surface area contributed by atoms with E-state index in [0.29, 0.717) is 23.5 Å². The van der Waals surface area contributed by atoms with Crippen LogP contribution in [0.1, 0.15) is 16.2 Å². The van der Waals surface area contributed by atoms with E-state index in [2.05, 4.69) is 10.1 Å². The molecule has 1 N–H and O–H groups in total. The van der Waals surface area contributed by atoms with Gasteiger partial charge in [0.25, 0.3) is 11.8 Å². The van der Waals surface area contributed by atoms with Crippen molar-refractivity contribution in [3.05, 3.63) is 35.7 Å². The second-order valence-corrected chi connectivity index (χ2v) is 5.14. The van der Waals surface area contributed by atoms with E-state index in [-0.39, 0.29) is 24.9 Å². The number of aryl methyl sites for hydroxylation is 1. The van der Waals surface area contributed by atoms with Crippen molar-refractivity contribution in [1.82, 2.24) is 15.0 Å². The average molecular weight is 317 g/mol. The lowest BCUT2D eigenvalue weighted by Gasteiger charge is -2.31. The van der Waals surface area contributed by atoms with Gasteiger partial charge < -0.3 is 19.3 Å². The van der Waals surface area contributed by atoms with Gasteiger partial charge in [-0.2, -0.15) is 4.98 Å². The average Bonchev–Trinajstić information content (AvgIpc) is 3.00. The maximum atomic E-state index is 12.8. The van der Waals surface area contributed by atoms with Gasteiger partial charge in [0.15, 0.2) is 11.9 Å². The second-order valence-electron chi connectivity index (χ2n) is 5.14. The molecular weight excluding hydrogens is 302 g/mol. The van der Waals surface area contributed by atoms with Gasteiger partial charge in [-0.1, -0.05) is 17.3 Å². The minimum absolute atomic E-state index is 0.00532. The number of benzene rings is 1. The molecule has 1 amide bonds. The van der Waals surface area contributed by atoms with Crippen LogP contribution in [0.2, 0.25) is 0 Å². The van der Waals surface area contributed by atoms with Crippen molar-refractivity contribution in [2.24, 2.45) is 0 Å². The Balaban J connectivity index is 1.89. The minimum Gasteiger partial charge on any atom is -0.479 e. The predicted octanol–water partition coefficient (Wildman–Crippen LogP) is 0.971. The van der Waals surface area contributed by atoms with E-state index >= 15 is 0 Å². The second kappa shape index (κ2) is 6.17. The molecule has 0 spiro atoms. The van der Waals surface area contributed by atoms with Crippen LogP contribution in [0.15, 0.2) is 28.8 Å². The molecule has 1 aliphatic rings. The number of carboxylic acid groups (broad SMARTS) is 1. The number of aromatic nitrogens is 2. The van der Waals surface area contributed by atoms with Gasteiger partial charge in [-0.05, 0) is 19.1 Å². The molecule has 0 saturated carbocycles. The summed E-state index contributed by atoms with van der Waals surface area (Å²) in [6.07, 6.45) is -1.01. The molecule has 0 unspecified atom stereocenters. The number of carboxylic acids is 1. The Morgan fingerprint density at radius 1 is 1.35 bits per heavy atom. The van der Waals surface area contributed by atoms with E-state index in [1.807, 2.05) is 0 Å². The lowest BCUT2D eigenvalue weighted by atomic mass is 10.1. The molecule has 3 rings (SSSR count). The molecule has 120 valence electrons. The fourth-order valence-corrected chi connectivity index (χ4v) is 2.42. The van der Waals surface area contributed by atoms with Gasteiger partial charge in [0, 0.05) is 6.54 Å². The number of amides is 1. The van der Waals surface area contributed by atoms with Crippen LogP contribution >= 0.6 is 0 Å². The third-order valence-corrected chi connectivity index (χ3v) is 3.54. The van der Waals surface area contributed by atoms with E-state index in [1.165, 1.54) is 4.90 Å². The number of ether oxygens (including phenoxy) is 1. The summed E-state index contributed by atoms with van der Waals surface area (Å²) in [5.41, 5.74) is 0.915. The zero-order chi connectivity index (χ0) is 16.4. The molecule has 1 aromatic carbocycles. The Hall–Kier alpha value is -2.74. The molecule has 1 aliphatic heterocycles. The van der Waals surface area contributed by atoms with Crippen molar-refractivity contribution in [2.75, 3.05) is 19.7 Å². The van der Waals surface area contributed by atoms with Gasteiger partial charge in [-0.15, -0.1) is 0 Å². The number of hydrogen-bond acceptors (Lipinski definition) is 6. The number of carbonyl (C=O) groups is 2. The Morgan fingerprint density at radius 2 is 2.13 bits per heavy atom. The lowest BCUT2D eigenvalue weighted by Crippen LogP contribution is -2.48. The highest BCUT2D eigenvalue weighted by atomic mass is 16.5. The first-order valence-electron chi connectivity index (χ1n) is 7.09. The van der Waals surface area contributed by atoms with E-state index in [4.69, 9.17) is 14.4 Å². The number of aliphatic carboxylic acids is 1. The Labute approximate surface area is 131 Å². The third-order valence-electron chi connectivity index (χ3n) is 3.54. The van der Waals surface area contributed by atoms with Crippen LogP contribution in [-0.4, -0.2) is 57.8 Å². The van der Waals surface area contributed by atoms with Crippen LogP contribution in [0.25, 0.3) is 11.5 Å². The van der Waals surface area contributed by atoms with Crippen molar-refractivity contribution in [1.29, 1.82) is 0 Å². The summed E-state index contributed by atoms with van der Waals surface area (Å²) in [5.74, 6) is -0.636. The molecular formula is C15H15N3O5. The number of morpholine rings is 1. The first-order chi connectivity index (χ1) is 11.1. The number of nitrogens with zero attached hydrogens (tertiary/aromatic N) is 3. The lowest BCUT2D eigenvalue weighted by molar-refractivity contribution is -0.154. The molecule has 0 aliphatic carbocycles. The minimum atomic E-state index is -1.08. The largest absolute Gasteiger partial charge is 0.479 e. The van der Waals surface area contributed by atoms with Crippen molar-refractivity contribution in [3.8, 4) is 11.5 Å². The van der Waals surface area contributed by atoms with Gasteiger partial charge in [0.2, 0.25) is 0 Å². The third kappa shape index (κ3) is 3.07. The van der Waals surface area contributed by atoms with Crippen LogP contribution < -0.4 is 0 Å². The first kappa shape index (κ1) is 15.2. The molecule has 8 nitrogen and oxygen atoms in total. The van der Waals surface area contributed by atoms with Crippen LogP contribution in [0.3, 0.4) is 0 Å². The SMILES string of the molecule is Cc1noc(-c2ccccc2C(=O)N2CCO[C@H](C(=O)O)C2)n1. The summed E-state index contributed by atoms with van der Waals surface area (Å²) in [5, 5.41) is 12.8. The summed E-state index contributed by atoms with van der Waals surface area (Å²) in [6.45, 7) is 2.21. The van der Waals surface area contributed by atoms with Crippen molar-refractivity contribution in [3.63, 3.8) is 0 Å². The van der Waals surface area contributed by atoms with Gasteiger partial charge in [-0.25, -0.2) is 4.79 Å². The Morgan fingerprint density at radius 3 is 2.83 bits per heavy atom. The van der Waals surface area contributed by atoms with E-state index in [1.54, 1.807) is 31.2 Å². The van der Waals surface area contributed by atoms with Crippen molar-refractivity contribution in [2.45, 2.75) is 13.0 Å². The molecule has 2 heterocycles. The van der Waals surface area contributed by atoms with Gasteiger partial charge in [0.05, 0.1) is 24.3 Å². The summed E-state index contributed by atoms with van der Waals surface area (Å²) in [6, 6.07) is 6.87. The molecule has 1 atom stereocenters. The Bertz CT molecular complexity index is 742. The molecule has 1 fully saturated rings. The van der Waals surface area contributed by atoms with Gasteiger partial charge in [-0.3, -0.25) is 4.79 Å². The number of carbonyl (C=O) groups excluding carboxylic acids is 1. The molecule has 0 bridgehead atoms. The quantitative estimate of drug-likeness (QED) is 0.899. The summed E-state index contributed by atoms with van der Waals surface area (Å²) >= 11 is 0. The van der Waals surface area contributed by atoms with E-state index < -0.39 is 12.1 Å². The zero-order valence-electron chi connectivity index (χ0n) is 12.4. The van der Waals surface area contributed by atoms with Crippen molar-refractivity contribution < 1.29 is 24.0 Å². The fraction of sp³-hybridized carbons (Fsp3) is 0.333. The highest BCUT2D eigenvalue weighted by molar-refractivity contribution is 6.00. The van der Waals surface area contributed by atoms with Gasteiger partial charge >= 0.3 is 5.97 Å². The fourth-order valence-electron chi connectivity index (χ4n) is 2.42. The zero-order valence-corrected chi connectivity index (χ0v) is 12.4. The predicted molar refractivity (Wildman–Crippen MR) is 77.8 cm³/mol. The maximum Gasteiger partial charge on any atom is 0.334 e. The maximum absolute atomic E-state index is 12.8. The standard InChI is InChI=1S/C15H15N3O5/c1-9-16-13(23-17-9)10-4-2-3-5-11(10)14(19)18-6-7-22-12(8-18)15(20)21/h2-5,12H,6-8H2,1H3,(H,20,21)/t12-/m0/s1. The van der Waals surface area contributed by atoms with Crippen LogP contribution in [0, 0.1) is 6.92 Å². The first-order valence-corrected chi connectivity index (χ1v) is 7.09. The molecule has 2 aromatic rings. The molecule has 23 heavy (non-hydrogen) atoms. The Kier molecular flexibility index (Phi) is 4.07. The van der Waals surface area contributed by atoms with Crippen LogP contribution in [0.5, 0.6) is 0 Å². The smallest absolute Gasteiger partial charge is 0.334 e. The molecule has 8 heteroatoms. The van der Waals surface area contributed by atoms with Crippen LogP contribution in [-0.2, 0) is 9.53 Å². The number of hydrogen-bond donors (Lipinski definition) is 1. The van der Waals surface area contributed by atoms with Crippen LogP contribution in [0.4, 0.5) is 0 Å². The normalized spacial score (nSPS) is 18.0. The number of rotatable bonds is 3. The van der Waals surface area contributed by atoms with E-state index in [0.717, 1.165) is 0 Å². The summed E-state index contributed by atoms with van der Waals surface area (Å²) < 4.78 is 10.3. The molecule has 0 radical (unpaired) electrons. The van der Waals surface area contributed by atoms with Crippen molar-refractivity contribution >= 4 is 11.9 Å². The monoisotopic (exact) mass is 317 g/mol. The highest BCUT2D eigenvalue weighted by Crippen LogP contribution is 2.24. The summed E-state index contributed by atoms with van der Waals surface area (Å²) in [7, 11) is 0. The molecule has 1 saturated heterocycles. The highest BCUT2D eigenvalue weighted by Gasteiger charge is 2.30. The summed E-state index contributed by atoms with van der Waals surface area (Å²) in [4.78, 5) is 29.4. The van der Waals surface area contributed by atoms with E-state index in [9.17, 15) is 9.59 Å². The molecule has 1 aromatic heterocycles. The van der Waals surface area contributed by atoms with Gasteiger partial charge in [0.1, 0.15) is 0 Å².